The fraction of sp³-hybridized carbons (Fsp3) is 0.438. The summed E-state index contributed by atoms with van der Waals surface area (Å²) in [5.41, 5.74) is 8.02. The van der Waals surface area contributed by atoms with Crippen molar-refractivity contribution >= 4 is 11.3 Å². The number of hydrogen-bond acceptors (Lipinski definition) is 4. The molecule has 1 unspecified atom stereocenters. The van der Waals surface area contributed by atoms with E-state index >= 15 is 0 Å². The Hall–Kier alpha value is -1.39. The third-order valence-electron chi connectivity index (χ3n) is 2.93. The molecule has 2 rings (SSSR count). The van der Waals surface area contributed by atoms with Crippen LogP contribution in [0.25, 0.3) is 0 Å². The summed E-state index contributed by atoms with van der Waals surface area (Å²) in [5.74, 6) is 1.35. The van der Waals surface area contributed by atoms with Gasteiger partial charge in [-0.3, -0.25) is 0 Å². The number of hydrogen-bond donors (Lipinski definition) is 1. The highest BCUT2D eigenvalue weighted by molar-refractivity contribution is 7.09. The van der Waals surface area contributed by atoms with Crippen molar-refractivity contribution in [1.82, 2.24) is 4.98 Å². The van der Waals surface area contributed by atoms with Gasteiger partial charge in [0.1, 0.15) is 12.4 Å². The van der Waals surface area contributed by atoms with Crippen LogP contribution in [0, 0.1) is 0 Å². The van der Waals surface area contributed by atoms with Gasteiger partial charge in [-0.05, 0) is 31.0 Å². The molecule has 3 nitrogen and oxygen atoms in total. The maximum Gasteiger partial charge on any atom is 0.131 e. The monoisotopic (exact) mass is 290 g/mol. The predicted octanol–water partition coefficient (Wildman–Crippen LogP) is 3.74. The van der Waals surface area contributed by atoms with E-state index in [1.807, 2.05) is 19.1 Å². The van der Waals surface area contributed by atoms with Crippen LogP contribution in [0.15, 0.2) is 29.6 Å². The highest BCUT2D eigenvalue weighted by Crippen LogP contribution is 2.20. The van der Waals surface area contributed by atoms with Crippen LogP contribution < -0.4 is 10.5 Å². The lowest BCUT2D eigenvalue weighted by Crippen LogP contribution is -2.17. The number of nitrogens with two attached hydrogens (primary N) is 1. The van der Waals surface area contributed by atoms with Crippen molar-refractivity contribution in [2.75, 3.05) is 0 Å². The summed E-state index contributed by atoms with van der Waals surface area (Å²) in [6.45, 7) is 6.84. The Balaban J connectivity index is 1.90. The predicted molar refractivity (Wildman–Crippen MR) is 84.3 cm³/mol. The largest absolute Gasteiger partial charge is 0.487 e. The topological polar surface area (TPSA) is 48.1 Å². The average Bonchev–Trinajstić information content (AvgIpc) is 2.86. The van der Waals surface area contributed by atoms with Crippen LogP contribution in [0.5, 0.6) is 5.75 Å². The normalized spacial score (nSPS) is 12.7. The van der Waals surface area contributed by atoms with Crippen LogP contribution in [0.3, 0.4) is 0 Å². The van der Waals surface area contributed by atoms with Crippen molar-refractivity contribution in [3.05, 3.63) is 45.9 Å². The first-order valence-corrected chi connectivity index (χ1v) is 7.84. The van der Waals surface area contributed by atoms with Gasteiger partial charge in [0.2, 0.25) is 0 Å². The highest BCUT2D eigenvalue weighted by Gasteiger charge is 2.06. The van der Waals surface area contributed by atoms with E-state index in [0.29, 0.717) is 12.5 Å². The third kappa shape index (κ3) is 4.32. The second kappa shape index (κ2) is 6.86. The van der Waals surface area contributed by atoms with Gasteiger partial charge >= 0.3 is 0 Å². The van der Waals surface area contributed by atoms with Crippen LogP contribution in [0.2, 0.25) is 0 Å². The Morgan fingerprint density at radius 2 is 1.90 bits per heavy atom. The molecule has 0 aliphatic rings. The smallest absolute Gasteiger partial charge is 0.131 e. The van der Waals surface area contributed by atoms with Gasteiger partial charge in [-0.15, -0.1) is 11.3 Å². The van der Waals surface area contributed by atoms with E-state index in [1.165, 1.54) is 5.56 Å². The Labute approximate surface area is 124 Å². The first-order chi connectivity index (χ1) is 9.54. The molecule has 0 amide bonds. The molecule has 0 saturated carbocycles. The molecule has 0 fully saturated rings. The molecule has 1 heterocycles. The fourth-order valence-corrected chi connectivity index (χ4v) is 2.72. The molecule has 4 heteroatoms. The number of ether oxygens (including phenoxy) is 1. The maximum atomic E-state index is 5.79. The summed E-state index contributed by atoms with van der Waals surface area (Å²) in [6.07, 6.45) is 0.893. The van der Waals surface area contributed by atoms with E-state index in [1.54, 1.807) is 11.3 Å². The lowest BCUT2D eigenvalue weighted by molar-refractivity contribution is 0.301. The Morgan fingerprint density at radius 3 is 2.45 bits per heavy atom. The molecule has 0 bridgehead atoms. The van der Waals surface area contributed by atoms with Crippen LogP contribution in [-0.4, -0.2) is 11.0 Å². The van der Waals surface area contributed by atoms with Crippen LogP contribution in [0.1, 0.15) is 43.0 Å². The minimum Gasteiger partial charge on any atom is -0.487 e. The minimum absolute atomic E-state index is 0.186. The van der Waals surface area contributed by atoms with Gasteiger partial charge in [0.25, 0.3) is 0 Å². The molecule has 108 valence electrons. The summed E-state index contributed by atoms with van der Waals surface area (Å²) in [7, 11) is 0. The Bertz CT molecular complexity index is 532. The van der Waals surface area contributed by atoms with Gasteiger partial charge in [0, 0.05) is 17.3 Å². The summed E-state index contributed by atoms with van der Waals surface area (Å²) in [4.78, 5) is 4.56. The summed E-state index contributed by atoms with van der Waals surface area (Å²) < 4.78 is 5.76. The molecule has 1 atom stereocenters. The van der Waals surface area contributed by atoms with Gasteiger partial charge < -0.3 is 10.5 Å². The van der Waals surface area contributed by atoms with Gasteiger partial charge in [-0.2, -0.15) is 0 Å². The van der Waals surface area contributed by atoms with Gasteiger partial charge in [-0.1, -0.05) is 26.0 Å². The van der Waals surface area contributed by atoms with Crippen molar-refractivity contribution in [2.45, 2.75) is 45.8 Å². The second-order valence-corrected chi connectivity index (χ2v) is 6.34. The fourth-order valence-electron chi connectivity index (χ4n) is 1.90. The van der Waals surface area contributed by atoms with E-state index in [4.69, 9.17) is 10.5 Å². The molecular weight excluding hydrogens is 268 g/mol. The molecule has 0 saturated heterocycles. The molecule has 1 aromatic carbocycles. The summed E-state index contributed by atoms with van der Waals surface area (Å²) in [5, 5.41) is 3.23. The van der Waals surface area contributed by atoms with Crippen molar-refractivity contribution < 1.29 is 4.74 Å². The average molecular weight is 290 g/mol. The summed E-state index contributed by atoms with van der Waals surface area (Å²) >= 11 is 1.70. The molecule has 1 aromatic heterocycles. The molecule has 20 heavy (non-hydrogen) atoms. The zero-order valence-corrected chi connectivity index (χ0v) is 13.1. The van der Waals surface area contributed by atoms with Crippen molar-refractivity contribution in [1.29, 1.82) is 0 Å². The lowest BCUT2D eigenvalue weighted by Gasteiger charge is -2.07. The zero-order chi connectivity index (χ0) is 14.5. The van der Waals surface area contributed by atoms with Gasteiger partial charge in [-0.25, -0.2) is 4.98 Å². The molecule has 0 aliphatic carbocycles. The Kier molecular flexibility index (Phi) is 5.15. The van der Waals surface area contributed by atoms with E-state index in [-0.39, 0.29) is 6.04 Å². The SMILES string of the molecule is CC(N)Cc1ccc(OCc2csc(C(C)C)n2)cc1. The van der Waals surface area contributed by atoms with Crippen LogP contribution in [0.4, 0.5) is 0 Å². The molecular formula is C16H22N2OS. The van der Waals surface area contributed by atoms with Gasteiger partial charge in [0.15, 0.2) is 0 Å². The maximum absolute atomic E-state index is 5.79. The van der Waals surface area contributed by atoms with Crippen molar-refractivity contribution in [3.8, 4) is 5.75 Å². The number of aromatic nitrogens is 1. The number of benzene rings is 1. The van der Waals surface area contributed by atoms with E-state index < -0.39 is 0 Å². The van der Waals surface area contributed by atoms with Crippen LogP contribution >= 0.6 is 11.3 Å². The third-order valence-corrected chi connectivity index (χ3v) is 4.13. The first kappa shape index (κ1) is 15.0. The van der Waals surface area contributed by atoms with E-state index in [0.717, 1.165) is 22.9 Å². The van der Waals surface area contributed by atoms with E-state index in [9.17, 15) is 0 Å². The molecule has 2 N–H and O–H groups in total. The minimum atomic E-state index is 0.186. The summed E-state index contributed by atoms with van der Waals surface area (Å²) in [6, 6.07) is 8.31. The quantitative estimate of drug-likeness (QED) is 0.881. The van der Waals surface area contributed by atoms with Crippen molar-refractivity contribution in [3.63, 3.8) is 0 Å². The molecule has 0 aliphatic heterocycles. The van der Waals surface area contributed by atoms with Crippen molar-refractivity contribution in [2.24, 2.45) is 5.73 Å². The van der Waals surface area contributed by atoms with Crippen LogP contribution in [-0.2, 0) is 13.0 Å². The number of rotatable bonds is 6. The first-order valence-electron chi connectivity index (χ1n) is 6.96. The molecule has 2 aromatic rings. The Morgan fingerprint density at radius 1 is 1.20 bits per heavy atom. The molecule has 0 spiro atoms. The lowest BCUT2D eigenvalue weighted by atomic mass is 10.1. The molecule has 0 radical (unpaired) electrons. The van der Waals surface area contributed by atoms with Gasteiger partial charge in [0.05, 0.1) is 10.7 Å². The second-order valence-electron chi connectivity index (χ2n) is 5.45. The van der Waals surface area contributed by atoms with E-state index in [2.05, 4.69) is 36.3 Å². The standard InChI is InChI=1S/C16H22N2OS/c1-11(2)16-18-14(10-20-16)9-19-15-6-4-13(5-7-15)8-12(3)17/h4-7,10-12H,8-9,17H2,1-3H3. The highest BCUT2D eigenvalue weighted by atomic mass is 32.1. The zero-order valence-electron chi connectivity index (χ0n) is 12.3. The number of nitrogens with zero attached hydrogens (tertiary/aromatic N) is 1. The number of thiazole rings is 1.